The monoisotopic (exact) mass is 607 g/mol. The van der Waals surface area contributed by atoms with E-state index in [0.29, 0.717) is 22.0 Å². The standard InChI is InChI=1S/C25H29Cl4N3O4S/c1-3-22(25(34)30-18-6-4-5-7-18)31(14-16-8-10-19(27)21(29)12-16)24(33)15-32(37(2,35)36)23-13-17(26)9-11-20(23)28/h8-13,18,22H,3-7,14-15H2,1-2H3,(H,30,34)/t22-/m1/s1. The summed E-state index contributed by atoms with van der Waals surface area (Å²) >= 11 is 24.6. The molecule has 1 aliphatic rings. The number of benzene rings is 2. The molecule has 0 radical (unpaired) electrons. The van der Waals surface area contributed by atoms with E-state index in [2.05, 4.69) is 5.32 Å². The average Bonchev–Trinajstić information content (AvgIpc) is 3.33. The molecular weight excluding hydrogens is 580 g/mol. The maximum absolute atomic E-state index is 13.8. The summed E-state index contributed by atoms with van der Waals surface area (Å²) in [5.74, 6) is -0.865. The van der Waals surface area contributed by atoms with E-state index < -0.39 is 28.5 Å². The molecule has 0 aliphatic heterocycles. The van der Waals surface area contributed by atoms with Crippen LogP contribution in [0.2, 0.25) is 20.1 Å². The second-order valence-corrected chi connectivity index (χ2v) is 12.6. The number of hydrogen-bond acceptors (Lipinski definition) is 4. The molecule has 1 fully saturated rings. The van der Waals surface area contributed by atoms with Crippen LogP contribution in [0.25, 0.3) is 0 Å². The summed E-state index contributed by atoms with van der Waals surface area (Å²) in [6.45, 7) is 1.25. The summed E-state index contributed by atoms with van der Waals surface area (Å²) in [5.41, 5.74) is 0.713. The molecule has 1 atom stereocenters. The molecule has 0 spiro atoms. The van der Waals surface area contributed by atoms with Crippen molar-refractivity contribution in [1.82, 2.24) is 10.2 Å². The fourth-order valence-corrected chi connectivity index (χ4v) is 6.00. The first-order valence-electron chi connectivity index (χ1n) is 11.9. The summed E-state index contributed by atoms with van der Waals surface area (Å²) in [7, 11) is -3.94. The van der Waals surface area contributed by atoms with Crippen LogP contribution in [0, 0.1) is 0 Å². The van der Waals surface area contributed by atoms with E-state index in [0.717, 1.165) is 36.2 Å². The Morgan fingerprint density at radius 2 is 1.65 bits per heavy atom. The molecule has 1 N–H and O–H groups in total. The number of rotatable bonds is 10. The normalized spacial score (nSPS) is 14.9. The number of anilines is 1. The van der Waals surface area contributed by atoms with Crippen LogP contribution in [0.1, 0.15) is 44.6 Å². The lowest BCUT2D eigenvalue weighted by molar-refractivity contribution is -0.140. The number of hydrogen-bond donors (Lipinski definition) is 1. The Labute approximate surface area is 238 Å². The Bertz CT molecular complexity index is 1250. The molecule has 0 unspecified atom stereocenters. The lowest BCUT2D eigenvalue weighted by Gasteiger charge is -2.33. The minimum Gasteiger partial charge on any atom is -0.352 e. The van der Waals surface area contributed by atoms with Crippen LogP contribution in [0.4, 0.5) is 5.69 Å². The lowest BCUT2D eigenvalue weighted by atomic mass is 10.1. The fraction of sp³-hybridized carbons (Fsp3) is 0.440. The molecule has 1 aliphatic carbocycles. The molecule has 0 bridgehead atoms. The van der Waals surface area contributed by atoms with Crippen molar-refractivity contribution < 1.29 is 18.0 Å². The third kappa shape index (κ3) is 7.90. The third-order valence-corrected chi connectivity index (χ3v) is 8.70. The average molecular weight is 609 g/mol. The van der Waals surface area contributed by atoms with Gasteiger partial charge in [-0.05, 0) is 55.2 Å². The van der Waals surface area contributed by atoms with Gasteiger partial charge in [0.1, 0.15) is 12.6 Å². The molecule has 12 heteroatoms. The Hall–Kier alpha value is -1.71. The number of carbonyl (C=O) groups is 2. The van der Waals surface area contributed by atoms with Gasteiger partial charge < -0.3 is 10.2 Å². The zero-order valence-corrected chi connectivity index (χ0v) is 24.4. The highest BCUT2D eigenvalue weighted by Gasteiger charge is 2.33. The molecule has 1 saturated carbocycles. The van der Waals surface area contributed by atoms with Crippen LogP contribution in [-0.2, 0) is 26.2 Å². The molecular formula is C25H29Cl4N3O4S. The quantitative estimate of drug-likeness (QED) is 0.362. The predicted octanol–water partition coefficient (Wildman–Crippen LogP) is 5.93. The van der Waals surface area contributed by atoms with E-state index in [1.54, 1.807) is 25.1 Å². The van der Waals surface area contributed by atoms with Crippen LogP contribution < -0.4 is 9.62 Å². The Morgan fingerprint density at radius 1 is 1.00 bits per heavy atom. The van der Waals surface area contributed by atoms with E-state index in [4.69, 9.17) is 46.4 Å². The van der Waals surface area contributed by atoms with Crippen molar-refractivity contribution in [2.75, 3.05) is 17.1 Å². The summed E-state index contributed by atoms with van der Waals surface area (Å²) < 4.78 is 26.4. The molecule has 0 heterocycles. The van der Waals surface area contributed by atoms with E-state index >= 15 is 0 Å². The molecule has 2 aromatic carbocycles. The van der Waals surface area contributed by atoms with Gasteiger partial charge >= 0.3 is 0 Å². The maximum atomic E-state index is 13.8. The Balaban J connectivity index is 1.97. The van der Waals surface area contributed by atoms with Crippen LogP contribution in [0.3, 0.4) is 0 Å². The van der Waals surface area contributed by atoms with Crippen LogP contribution in [0.15, 0.2) is 36.4 Å². The smallest absolute Gasteiger partial charge is 0.244 e. The van der Waals surface area contributed by atoms with Gasteiger partial charge in [-0.2, -0.15) is 0 Å². The highest BCUT2D eigenvalue weighted by Crippen LogP contribution is 2.31. The topological polar surface area (TPSA) is 86.8 Å². The van der Waals surface area contributed by atoms with Gasteiger partial charge in [0.2, 0.25) is 21.8 Å². The lowest BCUT2D eigenvalue weighted by Crippen LogP contribution is -2.53. The number of carbonyl (C=O) groups excluding carboxylic acids is 2. The molecule has 0 aromatic heterocycles. The van der Waals surface area contributed by atoms with Crippen LogP contribution in [0.5, 0.6) is 0 Å². The van der Waals surface area contributed by atoms with Gasteiger partial charge in [0.15, 0.2) is 0 Å². The highest BCUT2D eigenvalue weighted by molar-refractivity contribution is 7.92. The van der Waals surface area contributed by atoms with Crippen molar-refractivity contribution in [3.05, 3.63) is 62.1 Å². The van der Waals surface area contributed by atoms with Crippen molar-refractivity contribution in [3.63, 3.8) is 0 Å². The largest absolute Gasteiger partial charge is 0.352 e. The molecule has 3 rings (SSSR count). The third-order valence-electron chi connectivity index (χ3n) is 6.28. The second kappa shape index (κ2) is 12.9. The molecule has 2 aromatic rings. The van der Waals surface area contributed by atoms with Crippen molar-refractivity contribution in [1.29, 1.82) is 0 Å². The predicted molar refractivity (Wildman–Crippen MR) is 150 cm³/mol. The minimum absolute atomic E-state index is 0.0210. The zero-order chi connectivity index (χ0) is 27.3. The minimum atomic E-state index is -3.94. The van der Waals surface area contributed by atoms with E-state index in [1.807, 2.05) is 0 Å². The van der Waals surface area contributed by atoms with Crippen molar-refractivity contribution in [3.8, 4) is 0 Å². The first-order chi connectivity index (χ1) is 17.4. The van der Waals surface area contributed by atoms with Crippen molar-refractivity contribution in [2.45, 2.75) is 57.7 Å². The number of amides is 2. The fourth-order valence-electron chi connectivity index (χ4n) is 4.39. The second-order valence-electron chi connectivity index (χ2n) is 9.05. The molecule has 0 saturated heterocycles. The number of nitrogens with zero attached hydrogens (tertiary/aromatic N) is 2. The SMILES string of the molecule is CC[C@H](C(=O)NC1CCCC1)N(Cc1ccc(Cl)c(Cl)c1)C(=O)CN(c1cc(Cl)ccc1Cl)S(C)(=O)=O. The van der Waals surface area contributed by atoms with Gasteiger partial charge in [0, 0.05) is 17.6 Å². The van der Waals surface area contributed by atoms with Gasteiger partial charge in [-0.1, -0.05) is 72.2 Å². The first kappa shape index (κ1) is 29.8. The number of nitrogens with one attached hydrogen (secondary N) is 1. The zero-order valence-electron chi connectivity index (χ0n) is 20.5. The summed E-state index contributed by atoms with van der Waals surface area (Å²) in [4.78, 5) is 28.5. The number of sulfonamides is 1. The van der Waals surface area contributed by atoms with E-state index in [1.165, 1.54) is 23.1 Å². The Kier molecular flexibility index (Phi) is 10.4. The van der Waals surface area contributed by atoms with Gasteiger partial charge in [0.05, 0.1) is 27.0 Å². The van der Waals surface area contributed by atoms with Gasteiger partial charge in [-0.25, -0.2) is 8.42 Å². The molecule has 37 heavy (non-hydrogen) atoms. The summed E-state index contributed by atoms with van der Waals surface area (Å²) in [5, 5.41) is 4.09. The molecule has 202 valence electrons. The van der Waals surface area contributed by atoms with Gasteiger partial charge in [-0.3, -0.25) is 13.9 Å². The molecule has 7 nitrogen and oxygen atoms in total. The van der Waals surface area contributed by atoms with Gasteiger partial charge in [-0.15, -0.1) is 0 Å². The van der Waals surface area contributed by atoms with E-state index in [9.17, 15) is 18.0 Å². The van der Waals surface area contributed by atoms with E-state index in [-0.39, 0.29) is 34.2 Å². The van der Waals surface area contributed by atoms with Crippen molar-refractivity contribution in [2.24, 2.45) is 0 Å². The molecule has 2 amide bonds. The highest BCUT2D eigenvalue weighted by atomic mass is 35.5. The number of halogens is 4. The maximum Gasteiger partial charge on any atom is 0.244 e. The Morgan fingerprint density at radius 3 is 2.24 bits per heavy atom. The first-order valence-corrected chi connectivity index (χ1v) is 15.2. The van der Waals surface area contributed by atoms with Crippen LogP contribution >= 0.6 is 46.4 Å². The summed E-state index contributed by atoms with van der Waals surface area (Å²) in [6, 6.07) is 8.51. The summed E-state index contributed by atoms with van der Waals surface area (Å²) in [6.07, 6.45) is 5.15. The van der Waals surface area contributed by atoms with Crippen molar-refractivity contribution >= 4 is 73.9 Å². The van der Waals surface area contributed by atoms with Gasteiger partial charge in [0.25, 0.3) is 0 Å². The van der Waals surface area contributed by atoms with Crippen LogP contribution in [-0.4, -0.2) is 50.0 Å².